The van der Waals surface area contributed by atoms with E-state index in [9.17, 15) is 4.79 Å². The van der Waals surface area contributed by atoms with Gasteiger partial charge in [-0.15, -0.1) is 0 Å². The van der Waals surface area contributed by atoms with E-state index < -0.39 is 5.60 Å². The number of halogens is 2. The molecule has 0 saturated heterocycles. The average Bonchev–Trinajstić information content (AvgIpc) is 2.99. The van der Waals surface area contributed by atoms with Gasteiger partial charge in [0.25, 0.3) is 0 Å². The van der Waals surface area contributed by atoms with Crippen molar-refractivity contribution in [3.05, 3.63) is 33.4 Å². The molecule has 0 fully saturated rings. The lowest BCUT2D eigenvalue weighted by Gasteiger charge is -2.27. The van der Waals surface area contributed by atoms with E-state index in [0.717, 1.165) is 22.9 Å². The van der Waals surface area contributed by atoms with Gasteiger partial charge in [0.05, 0.1) is 9.50 Å². The monoisotopic (exact) mass is 384 g/mol. The van der Waals surface area contributed by atoms with Crippen LogP contribution in [0.15, 0.2) is 22.8 Å². The van der Waals surface area contributed by atoms with E-state index in [2.05, 4.69) is 33.1 Å². The largest absolute Gasteiger partial charge is 0.443 e. The Labute approximate surface area is 143 Å². The van der Waals surface area contributed by atoms with Crippen LogP contribution >= 0.6 is 27.5 Å². The molecule has 0 radical (unpaired) electrons. The van der Waals surface area contributed by atoms with Crippen LogP contribution in [-0.2, 0) is 10.2 Å². The summed E-state index contributed by atoms with van der Waals surface area (Å²) in [5, 5.41) is 0.639. The number of hydrogen-bond donors (Lipinski definition) is 0. The number of rotatable bonds is 0. The standard InChI is InChI=1S/C16H18BrClN2O2/c1-15(2,3)22-14(21)20-9-16(6-4-5-7-16)11-12(18)10(17)8-19-13(11)20/h4-5,8H,6-7,9H2,1-3H3. The van der Waals surface area contributed by atoms with Crippen molar-refractivity contribution in [2.24, 2.45) is 0 Å². The van der Waals surface area contributed by atoms with Crippen LogP contribution in [0.2, 0.25) is 5.02 Å². The Balaban J connectivity index is 2.04. The fourth-order valence-corrected chi connectivity index (χ4v) is 3.72. The first kappa shape index (κ1) is 15.8. The van der Waals surface area contributed by atoms with Gasteiger partial charge in [-0.3, -0.25) is 4.90 Å². The molecule has 0 aromatic carbocycles. The van der Waals surface area contributed by atoms with Gasteiger partial charge in [0.15, 0.2) is 0 Å². The summed E-state index contributed by atoms with van der Waals surface area (Å²) < 4.78 is 6.28. The molecule has 0 saturated carbocycles. The molecule has 4 nitrogen and oxygen atoms in total. The van der Waals surface area contributed by atoms with Crippen molar-refractivity contribution in [1.29, 1.82) is 0 Å². The van der Waals surface area contributed by atoms with Crippen molar-refractivity contribution >= 4 is 39.4 Å². The van der Waals surface area contributed by atoms with Crippen LogP contribution < -0.4 is 4.90 Å². The molecular weight excluding hydrogens is 368 g/mol. The van der Waals surface area contributed by atoms with E-state index in [0.29, 0.717) is 17.4 Å². The summed E-state index contributed by atoms with van der Waals surface area (Å²) >= 11 is 9.95. The summed E-state index contributed by atoms with van der Waals surface area (Å²) in [4.78, 5) is 18.6. The number of carbonyl (C=O) groups excluding carboxylic acids is 1. The molecule has 6 heteroatoms. The molecule has 0 bridgehead atoms. The molecule has 2 heterocycles. The zero-order chi connectivity index (χ0) is 16.1. The smallest absolute Gasteiger partial charge is 0.416 e. The molecular formula is C16H18BrClN2O2. The first-order chi connectivity index (χ1) is 10.2. The first-order valence-corrected chi connectivity index (χ1v) is 8.41. The molecule has 0 unspecified atom stereocenters. The molecule has 2 aliphatic rings. The van der Waals surface area contributed by atoms with Crippen molar-refractivity contribution in [1.82, 2.24) is 4.98 Å². The number of hydrogen-bond acceptors (Lipinski definition) is 3. The van der Waals surface area contributed by atoms with Crippen LogP contribution in [0.1, 0.15) is 39.2 Å². The molecule has 3 rings (SSSR count). The normalized spacial score (nSPS) is 18.9. The van der Waals surface area contributed by atoms with Crippen molar-refractivity contribution in [2.45, 2.75) is 44.6 Å². The topological polar surface area (TPSA) is 42.4 Å². The van der Waals surface area contributed by atoms with E-state index in [-0.39, 0.29) is 11.5 Å². The second kappa shape index (κ2) is 5.24. The Bertz CT molecular complexity index is 659. The minimum absolute atomic E-state index is 0.180. The number of fused-ring (bicyclic) bond motifs is 2. The Morgan fingerprint density at radius 3 is 2.64 bits per heavy atom. The minimum atomic E-state index is -0.542. The number of anilines is 1. The van der Waals surface area contributed by atoms with Crippen LogP contribution in [0.25, 0.3) is 0 Å². The summed E-state index contributed by atoms with van der Waals surface area (Å²) in [5.41, 5.74) is 0.222. The fourth-order valence-electron chi connectivity index (χ4n) is 3.09. The van der Waals surface area contributed by atoms with E-state index >= 15 is 0 Å². The van der Waals surface area contributed by atoms with Crippen LogP contribution in [-0.4, -0.2) is 23.2 Å². The molecule has 1 aromatic rings. The third kappa shape index (κ3) is 2.54. The lowest BCUT2D eigenvalue weighted by atomic mass is 9.81. The Morgan fingerprint density at radius 2 is 2.05 bits per heavy atom. The third-order valence-corrected chi connectivity index (χ3v) is 5.22. The number of carbonyl (C=O) groups is 1. The van der Waals surface area contributed by atoms with Crippen LogP contribution in [0, 0.1) is 0 Å². The van der Waals surface area contributed by atoms with Gasteiger partial charge in [-0.05, 0) is 49.5 Å². The molecule has 1 aromatic heterocycles. The SMILES string of the molecule is CC(C)(C)OC(=O)N1CC2(CC=CC2)c2c1ncc(Br)c2Cl. The molecule has 1 aliphatic heterocycles. The molecule has 1 spiro atoms. The van der Waals surface area contributed by atoms with Gasteiger partial charge in [0.2, 0.25) is 0 Å². The number of aromatic nitrogens is 1. The van der Waals surface area contributed by atoms with Crippen molar-refractivity contribution < 1.29 is 9.53 Å². The summed E-state index contributed by atoms with van der Waals surface area (Å²) in [6.45, 7) is 6.12. The van der Waals surface area contributed by atoms with Crippen LogP contribution in [0.5, 0.6) is 0 Å². The van der Waals surface area contributed by atoms with Gasteiger partial charge in [-0.25, -0.2) is 9.78 Å². The maximum atomic E-state index is 12.5. The highest BCUT2D eigenvalue weighted by Gasteiger charge is 2.48. The van der Waals surface area contributed by atoms with Crippen molar-refractivity contribution in [3.8, 4) is 0 Å². The Morgan fingerprint density at radius 1 is 1.41 bits per heavy atom. The number of pyridine rings is 1. The molecule has 0 N–H and O–H groups in total. The quantitative estimate of drug-likeness (QED) is 0.600. The van der Waals surface area contributed by atoms with E-state index in [1.54, 1.807) is 11.1 Å². The fraction of sp³-hybridized carbons (Fsp3) is 0.500. The van der Waals surface area contributed by atoms with E-state index in [4.69, 9.17) is 16.3 Å². The maximum Gasteiger partial charge on any atom is 0.416 e. The number of nitrogens with zero attached hydrogens (tertiary/aromatic N) is 2. The van der Waals surface area contributed by atoms with Crippen LogP contribution in [0.3, 0.4) is 0 Å². The second-order valence-electron chi connectivity index (χ2n) is 6.85. The third-order valence-electron chi connectivity index (χ3n) is 4.00. The van der Waals surface area contributed by atoms with Crippen LogP contribution in [0.4, 0.5) is 10.6 Å². The lowest BCUT2D eigenvalue weighted by Crippen LogP contribution is -2.39. The van der Waals surface area contributed by atoms with Crippen molar-refractivity contribution in [3.63, 3.8) is 0 Å². The molecule has 1 aliphatic carbocycles. The Hall–Kier alpha value is -1.07. The zero-order valence-corrected chi connectivity index (χ0v) is 15.2. The lowest BCUT2D eigenvalue weighted by molar-refractivity contribution is 0.0577. The molecule has 1 amide bonds. The summed E-state index contributed by atoms with van der Waals surface area (Å²) in [6.07, 6.45) is 7.26. The first-order valence-electron chi connectivity index (χ1n) is 7.23. The summed E-state index contributed by atoms with van der Waals surface area (Å²) in [7, 11) is 0. The zero-order valence-electron chi connectivity index (χ0n) is 12.8. The van der Waals surface area contributed by atoms with Gasteiger partial charge in [0.1, 0.15) is 11.4 Å². The number of ether oxygens (including phenoxy) is 1. The van der Waals surface area contributed by atoms with E-state index in [1.807, 2.05) is 20.8 Å². The highest BCUT2D eigenvalue weighted by molar-refractivity contribution is 9.10. The maximum absolute atomic E-state index is 12.5. The summed E-state index contributed by atoms with van der Waals surface area (Å²) in [6, 6.07) is 0. The Kier molecular flexibility index (Phi) is 3.76. The highest BCUT2D eigenvalue weighted by atomic mass is 79.9. The predicted molar refractivity (Wildman–Crippen MR) is 90.6 cm³/mol. The molecule has 22 heavy (non-hydrogen) atoms. The molecule has 0 atom stereocenters. The van der Waals surface area contributed by atoms with Gasteiger partial charge in [-0.1, -0.05) is 23.8 Å². The van der Waals surface area contributed by atoms with Gasteiger partial charge >= 0.3 is 6.09 Å². The highest BCUT2D eigenvalue weighted by Crippen LogP contribution is 2.51. The summed E-state index contributed by atoms with van der Waals surface area (Å²) in [5.74, 6) is 0.617. The average molecular weight is 386 g/mol. The van der Waals surface area contributed by atoms with E-state index in [1.165, 1.54) is 0 Å². The van der Waals surface area contributed by atoms with Gasteiger partial charge < -0.3 is 4.74 Å². The number of allylic oxidation sites excluding steroid dienone is 2. The second-order valence-corrected chi connectivity index (χ2v) is 8.08. The predicted octanol–water partition coefficient (Wildman–Crippen LogP) is 4.84. The van der Waals surface area contributed by atoms with Crippen molar-refractivity contribution in [2.75, 3.05) is 11.4 Å². The molecule has 118 valence electrons. The van der Waals surface area contributed by atoms with Gasteiger partial charge in [-0.2, -0.15) is 0 Å². The van der Waals surface area contributed by atoms with Gasteiger partial charge in [0, 0.05) is 23.7 Å². The number of amides is 1. The minimum Gasteiger partial charge on any atom is -0.443 e.